The molecule has 22 heavy (non-hydrogen) atoms. The van der Waals surface area contributed by atoms with Gasteiger partial charge in [-0.2, -0.15) is 0 Å². The second-order valence-electron chi connectivity index (χ2n) is 6.17. The van der Waals surface area contributed by atoms with E-state index in [-0.39, 0.29) is 11.8 Å². The van der Waals surface area contributed by atoms with Crippen LogP contribution in [0.25, 0.3) is 0 Å². The van der Waals surface area contributed by atoms with Crippen molar-refractivity contribution >= 4 is 17.5 Å². The van der Waals surface area contributed by atoms with Crippen molar-refractivity contribution in [2.75, 3.05) is 18.0 Å². The monoisotopic (exact) mass is 304 g/mol. The largest absolute Gasteiger partial charge is 0.356 e. The third-order valence-corrected chi connectivity index (χ3v) is 3.85. The highest BCUT2D eigenvalue weighted by Crippen LogP contribution is 2.23. The Labute approximate surface area is 133 Å². The fourth-order valence-corrected chi connectivity index (χ4v) is 2.28. The maximum Gasteiger partial charge on any atom is 0.223 e. The fraction of sp³-hybridized carbons (Fsp3) is 0.556. The van der Waals surface area contributed by atoms with Crippen LogP contribution in [-0.2, 0) is 9.59 Å². The van der Waals surface area contributed by atoms with Gasteiger partial charge in [-0.25, -0.2) is 0 Å². The van der Waals surface area contributed by atoms with Crippen LogP contribution in [0, 0.1) is 19.8 Å². The SMILES string of the molecule is CC(=O)N(CCC(=O)NCCC(C)C)c1cccc(C)c1C. The molecule has 0 radical (unpaired) electrons. The van der Waals surface area contributed by atoms with Crippen LogP contribution >= 0.6 is 0 Å². The van der Waals surface area contributed by atoms with Crippen molar-refractivity contribution in [2.45, 2.75) is 47.5 Å². The molecule has 0 aliphatic carbocycles. The third kappa shape index (κ3) is 5.51. The molecular weight excluding hydrogens is 276 g/mol. The predicted octanol–water partition coefficient (Wildman–Crippen LogP) is 3.21. The first-order valence-corrected chi connectivity index (χ1v) is 7.94. The quantitative estimate of drug-likeness (QED) is 0.841. The maximum absolute atomic E-state index is 11.9. The van der Waals surface area contributed by atoms with Crippen molar-refractivity contribution in [3.8, 4) is 0 Å². The molecule has 4 nitrogen and oxygen atoms in total. The van der Waals surface area contributed by atoms with Crippen molar-refractivity contribution in [3.05, 3.63) is 29.3 Å². The van der Waals surface area contributed by atoms with Gasteiger partial charge in [0.25, 0.3) is 0 Å². The van der Waals surface area contributed by atoms with E-state index in [4.69, 9.17) is 0 Å². The van der Waals surface area contributed by atoms with Gasteiger partial charge in [0.15, 0.2) is 0 Å². The van der Waals surface area contributed by atoms with Crippen LogP contribution in [0.3, 0.4) is 0 Å². The lowest BCUT2D eigenvalue weighted by molar-refractivity contribution is -0.121. The number of carbonyl (C=O) groups excluding carboxylic acids is 2. The highest BCUT2D eigenvalue weighted by molar-refractivity contribution is 5.93. The van der Waals surface area contributed by atoms with Crippen molar-refractivity contribution in [3.63, 3.8) is 0 Å². The number of hydrogen-bond acceptors (Lipinski definition) is 2. The van der Waals surface area contributed by atoms with Gasteiger partial charge in [-0.3, -0.25) is 9.59 Å². The van der Waals surface area contributed by atoms with E-state index in [1.54, 1.807) is 11.8 Å². The number of rotatable bonds is 7. The Bertz CT molecular complexity index is 524. The maximum atomic E-state index is 11.9. The van der Waals surface area contributed by atoms with E-state index in [1.807, 2.05) is 32.0 Å². The van der Waals surface area contributed by atoms with E-state index in [0.717, 1.165) is 23.2 Å². The normalized spacial score (nSPS) is 10.6. The number of nitrogens with one attached hydrogen (secondary N) is 1. The van der Waals surface area contributed by atoms with Crippen LogP contribution in [0.5, 0.6) is 0 Å². The zero-order valence-corrected chi connectivity index (χ0v) is 14.4. The Hall–Kier alpha value is -1.84. The molecule has 4 heteroatoms. The highest BCUT2D eigenvalue weighted by atomic mass is 16.2. The molecule has 0 aliphatic rings. The molecule has 0 spiro atoms. The molecule has 0 aliphatic heterocycles. The van der Waals surface area contributed by atoms with Crippen LogP contribution in [0.4, 0.5) is 5.69 Å². The van der Waals surface area contributed by atoms with Gasteiger partial charge in [0.1, 0.15) is 0 Å². The Morgan fingerprint density at radius 2 is 1.91 bits per heavy atom. The van der Waals surface area contributed by atoms with E-state index in [0.29, 0.717) is 25.4 Å². The minimum Gasteiger partial charge on any atom is -0.356 e. The van der Waals surface area contributed by atoms with Crippen LogP contribution in [0.1, 0.15) is 44.7 Å². The first kappa shape index (κ1) is 18.2. The molecule has 0 aromatic heterocycles. The number of amides is 2. The summed E-state index contributed by atoms with van der Waals surface area (Å²) in [6.07, 6.45) is 1.30. The van der Waals surface area contributed by atoms with E-state index in [1.165, 1.54) is 0 Å². The molecule has 0 saturated heterocycles. The van der Waals surface area contributed by atoms with E-state index >= 15 is 0 Å². The zero-order valence-electron chi connectivity index (χ0n) is 14.4. The Kier molecular flexibility index (Phi) is 7.09. The summed E-state index contributed by atoms with van der Waals surface area (Å²) in [5.74, 6) is 0.532. The van der Waals surface area contributed by atoms with Gasteiger partial charge < -0.3 is 10.2 Å². The Morgan fingerprint density at radius 3 is 2.50 bits per heavy atom. The number of carbonyl (C=O) groups is 2. The van der Waals surface area contributed by atoms with Crippen molar-refractivity contribution in [1.82, 2.24) is 5.32 Å². The molecule has 1 N–H and O–H groups in total. The molecule has 1 rings (SSSR count). The standard InChI is InChI=1S/C18H28N2O2/c1-13(2)9-11-19-18(22)10-12-20(16(5)21)17-8-6-7-14(3)15(17)4/h6-8,13H,9-12H2,1-5H3,(H,19,22). The molecule has 2 amide bonds. The molecule has 0 fully saturated rings. The summed E-state index contributed by atoms with van der Waals surface area (Å²) < 4.78 is 0. The minimum atomic E-state index is -0.0383. The van der Waals surface area contributed by atoms with E-state index in [9.17, 15) is 9.59 Å². The van der Waals surface area contributed by atoms with Crippen LogP contribution in [-0.4, -0.2) is 24.9 Å². The molecule has 122 valence electrons. The second kappa shape index (κ2) is 8.57. The summed E-state index contributed by atoms with van der Waals surface area (Å²) in [5, 5.41) is 2.91. The second-order valence-corrected chi connectivity index (χ2v) is 6.17. The van der Waals surface area contributed by atoms with E-state index in [2.05, 4.69) is 19.2 Å². The first-order valence-electron chi connectivity index (χ1n) is 7.94. The Balaban J connectivity index is 2.64. The van der Waals surface area contributed by atoms with Gasteiger partial charge >= 0.3 is 0 Å². The summed E-state index contributed by atoms with van der Waals surface area (Å²) in [5.41, 5.74) is 3.12. The molecule has 0 unspecified atom stereocenters. The van der Waals surface area contributed by atoms with Gasteiger partial charge in [-0.15, -0.1) is 0 Å². The average Bonchev–Trinajstić information content (AvgIpc) is 2.42. The number of aryl methyl sites for hydroxylation is 1. The molecule has 1 aromatic carbocycles. The molecule has 0 heterocycles. The van der Waals surface area contributed by atoms with Crippen molar-refractivity contribution in [1.29, 1.82) is 0 Å². The summed E-state index contributed by atoms with van der Waals surface area (Å²) in [6, 6.07) is 5.90. The Morgan fingerprint density at radius 1 is 1.23 bits per heavy atom. The minimum absolute atomic E-state index is 0.00259. The lowest BCUT2D eigenvalue weighted by Gasteiger charge is -2.23. The predicted molar refractivity (Wildman–Crippen MR) is 91.0 cm³/mol. The van der Waals surface area contributed by atoms with Crippen LogP contribution in [0.2, 0.25) is 0 Å². The van der Waals surface area contributed by atoms with E-state index < -0.39 is 0 Å². The van der Waals surface area contributed by atoms with Crippen LogP contribution < -0.4 is 10.2 Å². The smallest absolute Gasteiger partial charge is 0.223 e. The summed E-state index contributed by atoms with van der Waals surface area (Å²) in [4.78, 5) is 25.5. The molecular formula is C18H28N2O2. The summed E-state index contributed by atoms with van der Waals surface area (Å²) >= 11 is 0. The zero-order chi connectivity index (χ0) is 16.7. The topological polar surface area (TPSA) is 49.4 Å². The molecule has 0 saturated carbocycles. The van der Waals surface area contributed by atoms with Gasteiger partial charge in [-0.1, -0.05) is 26.0 Å². The van der Waals surface area contributed by atoms with Gasteiger partial charge in [0, 0.05) is 32.1 Å². The fourth-order valence-electron chi connectivity index (χ4n) is 2.28. The number of benzene rings is 1. The van der Waals surface area contributed by atoms with Gasteiger partial charge in [0.2, 0.25) is 11.8 Å². The first-order chi connectivity index (χ1) is 10.3. The average molecular weight is 304 g/mol. The lowest BCUT2D eigenvalue weighted by atomic mass is 10.1. The molecule has 0 atom stereocenters. The number of nitrogens with zero attached hydrogens (tertiary/aromatic N) is 1. The van der Waals surface area contributed by atoms with Crippen molar-refractivity contribution in [2.24, 2.45) is 5.92 Å². The van der Waals surface area contributed by atoms with Gasteiger partial charge in [-0.05, 0) is 43.4 Å². The van der Waals surface area contributed by atoms with Crippen molar-refractivity contribution < 1.29 is 9.59 Å². The molecule has 0 bridgehead atoms. The number of anilines is 1. The van der Waals surface area contributed by atoms with Gasteiger partial charge in [0.05, 0.1) is 0 Å². The molecule has 1 aromatic rings. The summed E-state index contributed by atoms with van der Waals surface area (Å²) in [7, 11) is 0. The highest BCUT2D eigenvalue weighted by Gasteiger charge is 2.15. The lowest BCUT2D eigenvalue weighted by Crippen LogP contribution is -2.34. The number of hydrogen-bond donors (Lipinski definition) is 1. The van der Waals surface area contributed by atoms with Crippen LogP contribution in [0.15, 0.2) is 18.2 Å². The summed E-state index contributed by atoms with van der Waals surface area (Å²) in [6.45, 7) is 10.9. The third-order valence-electron chi connectivity index (χ3n) is 3.85.